The van der Waals surface area contributed by atoms with Crippen molar-refractivity contribution >= 4 is 5.71 Å². The van der Waals surface area contributed by atoms with Crippen LogP contribution in [0.2, 0.25) is 0 Å². The molecule has 1 aromatic carbocycles. The van der Waals surface area contributed by atoms with Crippen LogP contribution in [-0.2, 0) is 12.4 Å². The third-order valence-electron chi connectivity index (χ3n) is 2.04. The van der Waals surface area contributed by atoms with E-state index in [1.807, 2.05) is 0 Å². The maximum absolute atomic E-state index is 12.6. The molecule has 8 heteroatoms. The number of hydrogen-bond donors (Lipinski definition) is 0. The summed E-state index contributed by atoms with van der Waals surface area (Å²) in [6.07, 6.45) is -10.3. The summed E-state index contributed by atoms with van der Waals surface area (Å²) in [5.41, 5.74) is -5.36. The van der Waals surface area contributed by atoms with Gasteiger partial charge in [-0.15, -0.1) is 0 Å². The van der Waals surface area contributed by atoms with Crippen molar-refractivity contribution in [2.24, 2.45) is 0 Å². The molecule has 0 unspecified atom stereocenters. The monoisotopic (exact) mass is 289 g/mol. The lowest BCUT2D eigenvalue weighted by atomic mass is 9.97. The molecule has 18 heavy (non-hydrogen) atoms. The number of benzene rings is 1. The average Bonchev–Trinajstić information content (AvgIpc) is 2.13. The normalized spacial score (nSPS) is 11.9. The van der Waals surface area contributed by atoms with E-state index in [1.54, 1.807) is 0 Å². The van der Waals surface area contributed by atoms with Crippen molar-refractivity contribution < 1.29 is 38.7 Å². The van der Waals surface area contributed by atoms with Gasteiger partial charge in [0.2, 0.25) is 0 Å². The molecule has 0 aromatic heterocycles. The summed E-state index contributed by atoms with van der Waals surface area (Å²) >= 11 is 0. The predicted octanol–water partition coefficient (Wildman–Crippen LogP) is 0.337. The molecular weight excluding hydrogens is 284 g/mol. The van der Waals surface area contributed by atoms with E-state index < -0.39 is 34.8 Å². The van der Waals surface area contributed by atoms with Gasteiger partial charge in [0.05, 0.1) is 16.7 Å². The topological polar surface area (TPSA) is 22.3 Å². The molecule has 0 amide bonds. The highest BCUT2D eigenvalue weighted by Gasteiger charge is 2.46. The van der Waals surface area contributed by atoms with Crippen LogP contribution in [0.3, 0.4) is 0 Å². The first-order chi connectivity index (χ1) is 7.55. The fourth-order valence-electron chi connectivity index (χ4n) is 1.40. The summed E-state index contributed by atoms with van der Waals surface area (Å²) in [6.45, 7) is 0.894. The second-order valence-electron chi connectivity index (χ2n) is 3.31. The molecule has 0 aliphatic heterocycles. The molecule has 0 aliphatic rings. The minimum absolute atomic E-state index is 0. The zero-order valence-electron chi connectivity index (χ0n) is 8.83. The average molecular weight is 290 g/mol. The Morgan fingerprint density at radius 1 is 1.00 bits per heavy atom. The van der Waals surface area contributed by atoms with Crippen molar-refractivity contribution in [1.29, 1.82) is 0 Å². The summed E-state index contributed by atoms with van der Waals surface area (Å²) in [5.74, 6) is 0. The molecular formula is C10H6ClF6N. The molecule has 1 rings (SSSR count). The fraction of sp³-hybridized carbons (Fsp3) is 0.300. The van der Waals surface area contributed by atoms with Crippen molar-refractivity contribution in [3.8, 4) is 0 Å². The van der Waals surface area contributed by atoms with Gasteiger partial charge in [-0.05, 0) is 12.1 Å². The Labute approximate surface area is 105 Å². The smallest absolute Gasteiger partial charge is 0.423 e. The number of rotatable bonds is 1. The van der Waals surface area contributed by atoms with Gasteiger partial charge in [-0.2, -0.15) is 26.3 Å². The molecule has 2 radical (unpaired) electrons. The minimum Gasteiger partial charge on any atom is -1.00 e. The van der Waals surface area contributed by atoms with Crippen molar-refractivity contribution in [2.45, 2.75) is 19.3 Å². The van der Waals surface area contributed by atoms with Gasteiger partial charge in [0.15, 0.2) is 0 Å². The molecule has 0 bridgehead atoms. The lowest BCUT2D eigenvalue weighted by Gasteiger charge is -2.16. The molecule has 0 saturated carbocycles. The number of hydrogen-bond acceptors (Lipinski definition) is 0. The molecule has 1 nitrogen and oxygen atoms in total. The van der Waals surface area contributed by atoms with Crippen molar-refractivity contribution in [3.63, 3.8) is 0 Å². The van der Waals surface area contributed by atoms with E-state index in [1.165, 1.54) is 0 Å². The van der Waals surface area contributed by atoms with Crippen LogP contribution in [0.5, 0.6) is 0 Å². The van der Waals surface area contributed by atoms with Gasteiger partial charge in [0.25, 0.3) is 0 Å². The zero-order chi connectivity index (χ0) is 13.4. The molecule has 0 aliphatic carbocycles. The van der Waals surface area contributed by atoms with Gasteiger partial charge in [-0.3, -0.25) is 0 Å². The highest BCUT2D eigenvalue weighted by molar-refractivity contribution is 5.98. The van der Waals surface area contributed by atoms with E-state index in [0.29, 0.717) is 6.07 Å². The van der Waals surface area contributed by atoms with Gasteiger partial charge in [-0.25, -0.2) is 0 Å². The SMILES string of the molecule is CC(=[N+])c1cccc(C(F)(F)F)c1C(F)(F)F.[Cl-]. The van der Waals surface area contributed by atoms with E-state index >= 15 is 0 Å². The Morgan fingerprint density at radius 2 is 1.50 bits per heavy atom. The third-order valence-corrected chi connectivity index (χ3v) is 2.04. The number of alkyl halides is 6. The first-order valence-electron chi connectivity index (χ1n) is 4.35. The molecule has 0 saturated heterocycles. The molecule has 0 atom stereocenters. The largest absolute Gasteiger partial charge is 1.00 e. The Kier molecular flexibility index (Phi) is 4.82. The molecule has 0 heterocycles. The van der Waals surface area contributed by atoms with Gasteiger partial charge >= 0.3 is 23.5 Å². The zero-order valence-corrected chi connectivity index (χ0v) is 9.58. The first kappa shape index (κ1) is 16.8. The van der Waals surface area contributed by atoms with Crippen LogP contribution in [0.1, 0.15) is 23.6 Å². The Hall–Kier alpha value is -1.24. The lowest BCUT2D eigenvalue weighted by Crippen LogP contribution is -3.00. The van der Waals surface area contributed by atoms with Gasteiger partial charge in [-0.1, -0.05) is 6.07 Å². The van der Waals surface area contributed by atoms with Crippen LogP contribution in [0.25, 0.3) is 0 Å². The first-order valence-corrected chi connectivity index (χ1v) is 4.35. The second-order valence-corrected chi connectivity index (χ2v) is 3.31. The van der Waals surface area contributed by atoms with Crippen molar-refractivity contribution in [2.75, 3.05) is 0 Å². The van der Waals surface area contributed by atoms with Crippen molar-refractivity contribution in [3.05, 3.63) is 34.9 Å². The van der Waals surface area contributed by atoms with Crippen LogP contribution in [0.4, 0.5) is 26.3 Å². The molecule has 0 fully saturated rings. The number of halogens is 7. The Bertz CT molecular complexity index is 449. The highest BCUT2D eigenvalue weighted by atomic mass is 35.5. The van der Waals surface area contributed by atoms with Crippen molar-refractivity contribution in [1.82, 2.24) is 5.41 Å². The van der Waals surface area contributed by atoms with Gasteiger partial charge in [0.1, 0.15) is 0 Å². The Morgan fingerprint density at radius 3 is 1.83 bits per heavy atom. The minimum atomic E-state index is -5.19. The summed E-state index contributed by atoms with van der Waals surface area (Å²) in [5, 5.41) is 9.01. The lowest BCUT2D eigenvalue weighted by molar-refractivity contribution is -0.162. The van der Waals surface area contributed by atoms with Crippen LogP contribution in [-0.4, -0.2) is 5.71 Å². The predicted molar refractivity (Wildman–Crippen MR) is 48.4 cm³/mol. The Balaban J connectivity index is 0.00000289. The van der Waals surface area contributed by atoms with Crippen LogP contribution in [0, 0.1) is 0 Å². The van der Waals surface area contributed by atoms with Crippen LogP contribution < -0.4 is 17.8 Å². The van der Waals surface area contributed by atoms with E-state index in [9.17, 15) is 26.3 Å². The summed E-state index contributed by atoms with van der Waals surface area (Å²) in [4.78, 5) is 0. The standard InChI is InChI=1S/C10H6F6N.ClH/c1-5(17)6-3-2-4-7(9(11,12)13)8(6)10(14,15)16;/h2-4H,1H3;1H/q+1;/p-1. The summed E-state index contributed by atoms with van der Waals surface area (Å²) in [6, 6.07) is 1.93. The maximum atomic E-state index is 12.6. The molecule has 100 valence electrons. The third kappa shape index (κ3) is 3.38. The molecule has 1 aromatic rings. The van der Waals surface area contributed by atoms with Gasteiger partial charge < -0.3 is 12.4 Å². The van der Waals surface area contributed by atoms with E-state index in [0.717, 1.165) is 19.1 Å². The summed E-state index contributed by atoms with van der Waals surface area (Å²) < 4.78 is 75.0. The fourth-order valence-corrected chi connectivity index (χ4v) is 1.40. The van der Waals surface area contributed by atoms with Crippen LogP contribution >= 0.6 is 0 Å². The molecule has 0 spiro atoms. The van der Waals surface area contributed by atoms with Gasteiger partial charge in [0, 0.05) is 6.92 Å². The highest BCUT2D eigenvalue weighted by Crippen LogP contribution is 2.41. The summed E-state index contributed by atoms with van der Waals surface area (Å²) in [7, 11) is 0. The van der Waals surface area contributed by atoms with E-state index in [2.05, 4.69) is 0 Å². The maximum Gasteiger partial charge on any atom is 0.423 e. The van der Waals surface area contributed by atoms with E-state index in [-0.39, 0.29) is 12.4 Å². The molecule has 0 N–H and O–H groups in total. The second kappa shape index (κ2) is 5.17. The quantitative estimate of drug-likeness (QED) is 0.525. The number of nitrogens with zero attached hydrogens (tertiary/aromatic N) is 1. The van der Waals surface area contributed by atoms with E-state index in [4.69, 9.17) is 5.41 Å². The van der Waals surface area contributed by atoms with Crippen LogP contribution in [0.15, 0.2) is 18.2 Å².